The SMILES string of the molecule is CC1(C)c2ccccc2-c2cc3c4ccccc4n(-c4ccc(-c5nc(-c6ccccc6)nc(C6C=CC=CC6)n5)cc4)c3cc21. The normalized spacial score (nSPS) is 16.2. The van der Waals surface area contributed by atoms with Crippen molar-refractivity contribution in [2.75, 3.05) is 0 Å². The Balaban J connectivity index is 1.19. The lowest BCUT2D eigenvalue weighted by Gasteiger charge is -2.21. The third-order valence-corrected chi connectivity index (χ3v) is 9.76. The smallest absolute Gasteiger partial charge is 0.163 e. The molecule has 0 N–H and O–H groups in total. The summed E-state index contributed by atoms with van der Waals surface area (Å²) < 4.78 is 2.40. The highest BCUT2D eigenvalue weighted by Gasteiger charge is 2.36. The Morgan fingerprint density at radius 2 is 1.33 bits per heavy atom. The summed E-state index contributed by atoms with van der Waals surface area (Å²) in [6, 6.07) is 41.3. The van der Waals surface area contributed by atoms with Gasteiger partial charge in [-0.1, -0.05) is 111 Å². The summed E-state index contributed by atoms with van der Waals surface area (Å²) in [5.74, 6) is 2.32. The van der Waals surface area contributed by atoms with Gasteiger partial charge in [0.05, 0.1) is 11.0 Å². The number of aromatic nitrogens is 4. The van der Waals surface area contributed by atoms with Crippen LogP contribution in [0.4, 0.5) is 0 Å². The third-order valence-electron chi connectivity index (χ3n) is 9.76. The molecule has 1 atom stereocenters. The van der Waals surface area contributed by atoms with E-state index < -0.39 is 0 Å². The summed E-state index contributed by atoms with van der Waals surface area (Å²) in [6.45, 7) is 4.69. The van der Waals surface area contributed by atoms with Gasteiger partial charge in [0.1, 0.15) is 5.82 Å². The highest BCUT2D eigenvalue weighted by molar-refractivity contribution is 6.11. The van der Waals surface area contributed by atoms with Crippen LogP contribution in [0.25, 0.3) is 61.4 Å². The number of fused-ring (bicyclic) bond motifs is 6. The largest absolute Gasteiger partial charge is 0.309 e. The van der Waals surface area contributed by atoms with Crippen molar-refractivity contribution in [3.05, 3.63) is 157 Å². The second-order valence-electron chi connectivity index (χ2n) is 12.8. The summed E-state index contributed by atoms with van der Waals surface area (Å²) in [4.78, 5) is 14.9. The van der Waals surface area contributed by atoms with Crippen molar-refractivity contribution in [1.29, 1.82) is 0 Å². The van der Waals surface area contributed by atoms with Gasteiger partial charge in [0.15, 0.2) is 11.6 Å². The molecule has 0 aliphatic heterocycles. The monoisotopic (exact) mass is 592 g/mol. The van der Waals surface area contributed by atoms with Crippen LogP contribution in [-0.4, -0.2) is 19.5 Å². The highest BCUT2D eigenvalue weighted by atomic mass is 15.0. The number of benzene rings is 5. The molecule has 4 heteroatoms. The molecule has 9 rings (SSSR count). The van der Waals surface area contributed by atoms with Crippen LogP contribution in [0.5, 0.6) is 0 Å². The van der Waals surface area contributed by atoms with Crippen LogP contribution in [0.15, 0.2) is 140 Å². The molecule has 0 fully saturated rings. The summed E-state index contributed by atoms with van der Waals surface area (Å²) in [6.07, 6.45) is 9.39. The third kappa shape index (κ3) is 4.10. The van der Waals surface area contributed by atoms with E-state index in [4.69, 9.17) is 15.0 Å². The molecule has 4 nitrogen and oxygen atoms in total. The zero-order valence-electron chi connectivity index (χ0n) is 25.9. The van der Waals surface area contributed by atoms with Crippen LogP contribution in [-0.2, 0) is 5.41 Å². The number of hydrogen-bond donors (Lipinski definition) is 0. The van der Waals surface area contributed by atoms with Crippen LogP contribution >= 0.6 is 0 Å². The molecule has 2 aromatic heterocycles. The number of nitrogens with zero attached hydrogens (tertiary/aromatic N) is 4. The first-order chi connectivity index (χ1) is 22.6. The summed E-state index contributed by atoms with van der Waals surface area (Å²) >= 11 is 0. The van der Waals surface area contributed by atoms with Crippen molar-refractivity contribution < 1.29 is 0 Å². The Hall–Kier alpha value is -5.61. The molecular weight excluding hydrogens is 560 g/mol. The predicted molar refractivity (Wildman–Crippen MR) is 188 cm³/mol. The minimum absolute atomic E-state index is 0.0680. The van der Waals surface area contributed by atoms with Crippen LogP contribution in [0.2, 0.25) is 0 Å². The van der Waals surface area contributed by atoms with Crippen LogP contribution in [0.1, 0.15) is 43.1 Å². The van der Waals surface area contributed by atoms with Gasteiger partial charge in [0.2, 0.25) is 0 Å². The average molecular weight is 593 g/mol. The van der Waals surface area contributed by atoms with Crippen molar-refractivity contribution in [1.82, 2.24) is 19.5 Å². The Labute approximate surface area is 268 Å². The van der Waals surface area contributed by atoms with Gasteiger partial charge in [0, 0.05) is 38.9 Å². The second kappa shape index (κ2) is 10.2. The molecular formula is C42H32N4. The Kier molecular flexibility index (Phi) is 5.94. The van der Waals surface area contributed by atoms with E-state index in [1.54, 1.807) is 0 Å². The second-order valence-corrected chi connectivity index (χ2v) is 12.8. The van der Waals surface area contributed by atoms with E-state index in [1.807, 2.05) is 18.2 Å². The molecule has 2 aliphatic carbocycles. The minimum Gasteiger partial charge on any atom is -0.309 e. The minimum atomic E-state index is -0.0680. The number of allylic oxidation sites excluding steroid dienone is 4. The van der Waals surface area contributed by atoms with Crippen LogP contribution < -0.4 is 0 Å². The zero-order valence-corrected chi connectivity index (χ0v) is 25.9. The topological polar surface area (TPSA) is 43.6 Å². The van der Waals surface area contributed by atoms with Crippen molar-refractivity contribution >= 4 is 21.8 Å². The Morgan fingerprint density at radius 1 is 0.609 bits per heavy atom. The van der Waals surface area contributed by atoms with E-state index >= 15 is 0 Å². The molecule has 2 aliphatic rings. The molecule has 46 heavy (non-hydrogen) atoms. The quantitative estimate of drug-likeness (QED) is 0.204. The Bertz CT molecular complexity index is 2360. The summed E-state index contributed by atoms with van der Waals surface area (Å²) in [5.41, 5.74) is 10.9. The van der Waals surface area contributed by atoms with E-state index in [9.17, 15) is 0 Å². The standard InChI is InChI=1S/C42H32N4/c1-42(2)35-19-11-9-17-31(35)33-25-34-32-18-10-12-20-37(32)46(38(34)26-36(33)42)30-23-21-29(22-24-30)41-44-39(27-13-5-3-6-14-27)43-40(45-41)28-15-7-4-8-16-28/h3-15,17-26,28H,16H2,1-2H3. The fourth-order valence-electron chi connectivity index (χ4n) is 7.38. The molecule has 0 saturated heterocycles. The highest BCUT2D eigenvalue weighted by Crippen LogP contribution is 2.51. The zero-order chi connectivity index (χ0) is 30.8. The molecule has 0 radical (unpaired) electrons. The van der Waals surface area contributed by atoms with Crippen molar-refractivity contribution in [2.45, 2.75) is 31.6 Å². The maximum absolute atomic E-state index is 5.01. The van der Waals surface area contributed by atoms with Crippen molar-refractivity contribution in [3.8, 4) is 39.6 Å². The molecule has 0 bridgehead atoms. The average Bonchev–Trinajstić information content (AvgIpc) is 3.56. The van der Waals surface area contributed by atoms with E-state index in [1.165, 1.54) is 44.1 Å². The maximum Gasteiger partial charge on any atom is 0.163 e. The van der Waals surface area contributed by atoms with Gasteiger partial charge >= 0.3 is 0 Å². The van der Waals surface area contributed by atoms with Gasteiger partial charge in [-0.3, -0.25) is 0 Å². The first kappa shape index (κ1) is 26.8. The summed E-state index contributed by atoms with van der Waals surface area (Å²) in [5, 5.41) is 2.53. The lowest BCUT2D eigenvalue weighted by molar-refractivity contribution is 0.661. The van der Waals surface area contributed by atoms with Gasteiger partial charge in [0.25, 0.3) is 0 Å². The Morgan fingerprint density at radius 3 is 2.11 bits per heavy atom. The van der Waals surface area contributed by atoms with Crippen molar-refractivity contribution in [3.63, 3.8) is 0 Å². The number of hydrogen-bond acceptors (Lipinski definition) is 3. The van der Waals surface area contributed by atoms with Gasteiger partial charge in [-0.25, -0.2) is 15.0 Å². The van der Waals surface area contributed by atoms with Crippen LogP contribution in [0.3, 0.4) is 0 Å². The molecule has 7 aromatic rings. The number of para-hydroxylation sites is 1. The molecule has 0 saturated carbocycles. The van der Waals surface area contributed by atoms with E-state index in [2.05, 4.69) is 140 Å². The molecule has 0 amide bonds. The number of rotatable bonds is 4. The lowest BCUT2D eigenvalue weighted by Crippen LogP contribution is -2.14. The van der Waals surface area contributed by atoms with Gasteiger partial charge in [-0.2, -0.15) is 0 Å². The fourth-order valence-corrected chi connectivity index (χ4v) is 7.38. The van der Waals surface area contributed by atoms with E-state index in [0.29, 0.717) is 11.6 Å². The van der Waals surface area contributed by atoms with Gasteiger partial charge in [-0.05, 0) is 71.1 Å². The van der Waals surface area contributed by atoms with Gasteiger partial charge < -0.3 is 4.57 Å². The molecule has 1 unspecified atom stereocenters. The molecule has 2 heterocycles. The van der Waals surface area contributed by atoms with E-state index in [-0.39, 0.29) is 11.3 Å². The molecule has 220 valence electrons. The maximum atomic E-state index is 5.01. The predicted octanol–water partition coefficient (Wildman–Crippen LogP) is 10.2. The molecule has 5 aromatic carbocycles. The molecule has 0 spiro atoms. The summed E-state index contributed by atoms with van der Waals surface area (Å²) in [7, 11) is 0. The van der Waals surface area contributed by atoms with Crippen molar-refractivity contribution in [2.24, 2.45) is 0 Å². The first-order valence-corrected chi connectivity index (χ1v) is 16.0. The van der Waals surface area contributed by atoms with Crippen LogP contribution in [0, 0.1) is 0 Å². The van der Waals surface area contributed by atoms with Gasteiger partial charge in [-0.15, -0.1) is 0 Å². The first-order valence-electron chi connectivity index (χ1n) is 16.0. The fraction of sp³-hybridized carbons (Fsp3) is 0.119. The van der Waals surface area contributed by atoms with E-state index in [0.717, 1.165) is 29.1 Å². The lowest BCUT2D eigenvalue weighted by atomic mass is 9.82.